The highest BCUT2D eigenvalue weighted by Crippen LogP contribution is 2.19. The van der Waals surface area contributed by atoms with Crippen LogP contribution in [-0.4, -0.2) is 34.2 Å². The third kappa shape index (κ3) is 3.85. The Labute approximate surface area is 118 Å². The van der Waals surface area contributed by atoms with Gasteiger partial charge in [0.15, 0.2) is 0 Å². The van der Waals surface area contributed by atoms with Gasteiger partial charge < -0.3 is 9.84 Å². The molecular formula is C15H19NO4. The number of carbonyl (C=O) groups excluding carboxylic acids is 1. The van der Waals surface area contributed by atoms with E-state index in [1.165, 1.54) is 24.8 Å². The highest BCUT2D eigenvalue weighted by atomic mass is 16.6. The number of carboxylic acid groups (broad SMARTS) is 1. The summed E-state index contributed by atoms with van der Waals surface area (Å²) < 4.78 is 4.97. The molecule has 5 heteroatoms. The molecule has 0 aromatic heterocycles. The summed E-state index contributed by atoms with van der Waals surface area (Å²) >= 11 is 0. The number of hydrogen-bond donors (Lipinski definition) is 1. The number of amides is 1. The average molecular weight is 277 g/mol. The highest BCUT2D eigenvalue weighted by Gasteiger charge is 2.38. The van der Waals surface area contributed by atoms with Gasteiger partial charge in [0.05, 0.1) is 6.54 Å². The third-order valence-corrected chi connectivity index (χ3v) is 2.93. The van der Waals surface area contributed by atoms with Crippen LogP contribution in [0.1, 0.15) is 19.4 Å². The van der Waals surface area contributed by atoms with Crippen LogP contribution in [0.25, 0.3) is 0 Å². The fourth-order valence-electron chi connectivity index (χ4n) is 1.58. The summed E-state index contributed by atoms with van der Waals surface area (Å²) in [5, 5.41) is 9.29. The third-order valence-electron chi connectivity index (χ3n) is 2.93. The number of carboxylic acids is 1. The summed E-state index contributed by atoms with van der Waals surface area (Å²) in [5.74, 6) is -1.09. The van der Waals surface area contributed by atoms with E-state index >= 15 is 0 Å². The summed E-state index contributed by atoms with van der Waals surface area (Å²) in [5.41, 5.74) is -0.536. The molecule has 1 rings (SSSR count). The lowest BCUT2D eigenvalue weighted by Gasteiger charge is -2.34. The van der Waals surface area contributed by atoms with E-state index in [0.717, 1.165) is 5.56 Å². The topological polar surface area (TPSA) is 66.8 Å². The summed E-state index contributed by atoms with van der Waals surface area (Å²) in [4.78, 5) is 24.6. The SMILES string of the molecule is C=CCOC(=O)N(Cc1ccccc1)C(C)(C)C(=O)O. The van der Waals surface area contributed by atoms with Gasteiger partial charge in [-0.2, -0.15) is 0 Å². The van der Waals surface area contributed by atoms with Crippen molar-refractivity contribution in [2.45, 2.75) is 25.9 Å². The molecule has 1 aromatic rings. The zero-order valence-corrected chi connectivity index (χ0v) is 11.7. The van der Waals surface area contributed by atoms with E-state index in [-0.39, 0.29) is 13.2 Å². The molecule has 0 aliphatic carbocycles. The smallest absolute Gasteiger partial charge is 0.411 e. The molecule has 5 nitrogen and oxygen atoms in total. The van der Waals surface area contributed by atoms with Crippen molar-refractivity contribution in [2.24, 2.45) is 0 Å². The maximum Gasteiger partial charge on any atom is 0.411 e. The van der Waals surface area contributed by atoms with Crippen molar-refractivity contribution in [3.63, 3.8) is 0 Å². The zero-order chi connectivity index (χ0) is 15.2. The van der Waals surface area contributed by atoms with Gasteiger partial charge in [0, 0.05) is 0 Å². The molecule has 1 N–H and O–H groups in total. The second kappa shape index (κ2) is 6.75. The van der Waals surface area contributed by atoms with E-state index in [1.54, 1.807) is 0 Å². The first-order chi connectivity index (χ1) is 9.39. The molecule has 0 saturated carbocycles. The van der Waals surface area contributed by atoms with Gasteiger partial charge in [-0.1, -0.05) is 43.0 Å². The Morgan fingerprint density at radius 3 is 2.45 bits per heavy atom. The first-order valence-electron chi connectivity index (χ1n) is 6.22. The summed E-state index contributed by atoms with van der Waals surface area (Å²) in [6.07, 6.45) is 0.757. The maximum atomic E-state index is 12.1. The van der Waals surface area contributed by atoms with Crippen LogP contribution in [0.3, 0.4) is 0 Å². The van der Waals surface area contributed by atoms with E-state index in [0.29, 0.717) is 0 Å². The summed E-state index contributed by atoms with van der Waals surface area (Å²) in [6.45, 7) is 6.60. The monoisotopic (exact) mass is 277 g/mol. The molecule has 0 radical (unpaired) electrons. The van der Waals surface area contributed by atoms with Crippen molar-refractivity contribution in [2.75, 3.05) is 6.61 Å². The summed E-state index contributed by atoms with van der Waals surface area (Å²) in [7, 11) is 0. The molecule has 0 saturated heterocycles. The van der Waals surface area contributed by atoms with E-state index in [4.69, 9.17) is 4.74 Å². The molecule has 0 spiro atoms. The lowest BCUT2D eigenvalue weighted by molar-refractivity contribution is -0.148. The number of ether oxygens (including phenoxy) is 1. The molecular weight excluding hydrogens is 258 g/mol. The molecule has 0 heterocycles. The van der Waals surface area contributed by atoms with Crippen LogP contribution in [0, 0.1) is 0 Å². The number of nitrogens with zero attached hydrogens (tertiary/aromatic N) is 1. The Hall–Kier alpha value is -2.30. The van der Waals surface area contributed by atoms with Crippen molar-refractivity contribution in [3.8, 4) is 0 Å². The molecule has 0 fully saturated rings. The lowest BCUT2D eigenvalue weighted by Crippen LogP contribution is -2.52. The van der Waals surface area contributed by atoms with Crippen LogP contribution in [0.4, 0.5) is 4.79 Å². The predicted octanol–water partition coefficient (Wildman–Crippen LogP) is 2.67. The average Bonchev–Trinajstić information content (AvgIpc) is 2.43. The minimum Gasteiger partial charge on any atom is -0.480 e. The number of hydrogen-bond acceptors (Lipinski definition) is 3. The molecule has 0 unspecified atom stereocenters. The second-order valence-electron chi connectivity index (χ2n) is 4.80. The van der Waals surface area contributed by atoms with Crippen LogP contribution in [0.5, 0.6) is 0 Å². The van der Waals surface area contributed by atoms with Crippen LogP contribution in [0.15, 0.2) is 43.0 Å². The van der Waals surface area contributed by atoms with Crippen molar-refractivity contribution < 1.29 is 19.4 Å². The Kier molecular flexibility index (Phi) is 5.32. The van der Waals surface area contributed by atoms with Gasteiger partial charge in [-0.3, -0.25) is 4.90 Å². The number of carbonyl (C=O) groups is 2. The van der Waals surface area contributed by atoms with Crippen molar-refractivity contribution in [1.29, 1.82) is 0 Å². The van der Waals surface area contributed by atoms with Gasteiger partial charge in [-0.25, -0.2) is 9.59 Å². The van der Waals surface area contributed by atoms with Crippen molar-refractivity contribution in [3.05, 3.63) is 48.6 Å². The minimum atomic E-state index is -1.37. The first-order valence-corrected chi connectivity index (χ1v) is 6.22. The van der Waals surface area contributed by atoms with Gasteiger partial charge in [-0.15, -0.1) is 0 Å². The van der Waals surface area contributed by atoms with Crippen LogP contribution in [-0.2, 0) is 16.1 Å². The first kappa shape index (κ1) is 15.8. The number of rotatable bonds is 6. The van der Waals surface area contributed by atoms with E-state index in [9.17, 15) is 14.7 Å². The fourth-order valence-corrected chi connectivity index (χ4v) is 1.58. The van der Waals surface area contributed by atoms with Gasteiger partial charge in [0.25, 0.3) is 0 Å². The number of aliphatic carboxylic acids is 1. The van der Waals surface area contributed by atoms with Gasteiger partial charge >= 0.3 is 12.1 Å². The maximum absolute atomic E-state index is 12.1. The predicted molar refractivity (Wildman–Crippen MR) is 75.2 cm³/mol. The van der Waals surface area contributed by atoms with Gasteiger partial charge in [0.2, 0.25) is 0 Å². The van der Waals surface area contributed by atoms with E-state index in [2.05, 4.69) is 6.58 Å². The van der Waals surface area contributed by atoms with Crippen molar-refractivity contribution >= 4 is 12.1 Å². The van der Waals surface area contributed by atoms with Crippen LogP contribution < -0.4 is 0 Å². The molecule has 1 aromatic carbocycles. The molecule has 0 aliphatic heterocycles. The zero-order valence-electron chi connectivity index (χ0n) is 11.7. The van der Waals surface area contributed by atoms with Crippen molar-refractivity contribution in [1.82, 2.24) is 4.90 Å². The standard InChI is InChI=1S/C15H19NO4/c1-4-10-20-14(19)16(15(2,3)13(17)18)11-12-8-6-5-7-9-12/h4-9H,1,10-11H2,2-3H3,(H,17,18). The largest absolute Gasteiger partial charge is 0.480 e. The summed E-state index contributed by atoms with van der Waals surface area (Å²) in [6, 6.07) is 9.16. The fraction of sp³-hybridized carbons (Fsp3) is 0.333. The molecule has 108 valence electrons. The van der Waals surface area contributed by atoms with Gasteiger partial charge in [0.1, 0.15) is 12.1 Å². The Balaban J connectivity index is 2.98. The van der Waals surface area contributed by atoms with Crippen LogP contribution in [0.2, 0.25) is 0 Å². The Morgan fingerprint density at radius 1 is 1.35 bits per heavy atom. The van der Waals surface area contributed by atoms with Gasteiger partial charge in [-0.05, 0) is 19.4 Å². The van der Waals surface area contributed by atoms with E-state index < -0.39 is 17.6 Å². The molecule has 1 amide bonds. The van der Waals surface area contributed by atoms with E-state index in [1.807, 2.05) is 30.3 Å². The highest BCUT2D eigenvalue weighted by molar-refractivity contribution is 5.83. The Bertz CT molecular complexity index is 482. The minimum absolute atomic E-state index is 0.0415. The Morgan fingerprint density at radius 2 is 1.95 bits per heavy atom. The lowest BCUT2D eigenvalue weighted by atomic mass is 10.0. The molecule has 0 bridgehead atoms. The molecule has 0 atom stereocenters. The molecule has 0 aliphatic rings. The normalized spacial score (nSPS) is 10.7. The number of benzene rings is 1. The quantitative estimate of drug-likeness (QED) is 0.812. The van der Waals surface area contributed by atoms with Crippen LogP contribution >= 0.6 is 0 Å². The second-order valence-corrected chi connectivity index (χ2v) is 4.80. The molecule has 20 heavy (non-hydrogen) atoms.